The van der Waals surface area contributed by atoms with Crippen LogP contribution in [0.3, 0.4) is 0 Å². The molecule has 30 heavy (non-hydrogen) atoms. The van der Waals surface area contributed by atoms with Gasteiger partial charge in [-0.25, -0.2) is 19.9 Å². The first-order valence-electron chi connectivity index (χ1n) is 10.0. The fraction of sp³-hybridized carbons (Fsp3) is 0.381. The number of aromatic nitrogens is 4. The van der Waals surface area contributed by atoms with Gasteiger partial charge in [0.1, 0.15) is 0 Å². The minimum atomic E-state index is -0.443. The first-order valence-corrected chi connectivity index (χ1v) is 11.0. The highest BCUT2D eigenvalue weighted by molar-refractivity contribution is 7.99. The van der Waals surface area contributed by atoms with Crippen LogP contribution in [0.1, 0.15) is 30.3 Å². The van der Waals surface area contributed by atoms with E-state index in [-0.39, 0.29) is 11.9 Å². The largest absolute Gasteiger partial charge is 0.323 e. The molecular weight excluding hydrogens is 398 g/mol. The molecule has 4 rings (SSSR count). The molecule has 3 aromatic rings. The zero-order valence-electron chi connectivity index (χ0n) is 17.3. The summed E-state index contributed by atoms with van der Waals surface area (Å²) in [6.07, 6.45) is 2.68. The second-order valence-corrected chi connectivity index (χ2v) is 8.33. The van der Waals surface area contributed by atoms with Gasteiger partial charge >= 0.3 is 0 Å². The summed E-state index contributed by atoms with van der Waals surface area (Å²) in [6.45, 7) is 6.04. The van der Waals surface area contributed by atoms with E-state index in [9.17, 15) is 4.79 Å². The second kappa shape index (κ2) is 8.93. The van der Waals surface area contributed by atoms with Crippen LogP contribution in [0.4, 0.5) is 5.95 Å². The Balaban J connectivity index is 1.44. The normalized spacial score (nSPS) is 19.0. The van der Waals surface area contributed by atoms with Gasteiger partial charge in [0.05, 0.1) is 11.2 Å². The lowest BCUT2D eigenvalue weighted by Gasteiger charge is -2.31. The average Bonchev–Trinajstić information content (AvgIpc) is 2.72. The highest BCUT2D eigenvalue weighted by atomic mass is 32.2. The van der Waals surface area contributed by atoms with E-state index in [1.807, 2.05) is 26.0 Å². The SMILES string of the molecule is CCc1ccc2nc(NC3NC(=O)CC(CSc4nccc(C)n4)N3)nc(C)c2c1. The van der Waals surface area contributed by atoms with Crippen LogP contribution in [0.5, 0.6) is 0 Å². The number of rotatable bonds is 6. The summed E-state index contributed by atoms with van der Waals surface area (Å²) in [5, 5.41) is 11.3. The van der Waals surface area contributed by atoms with Crippen LogP contribution < -0.4 is 16.0 Å². The van der Waals surface area contributed by atoms with Crippen molar-refractivity contribution in [3.63, 3.8) is 0 Å². The van der Waals surface area contributed by atoms with Crippen molar-refractivity contribution in [1.29, 1.82) is 0 Å². The number of aryl methyl sites for hydroxylation is 3. The molecule has 3 heterocycles. The summed E-state index contributed by atoms with van der Waals surface area (Å²) < 4.78 is 0. The highest BCUT2D eigenvalue weighted by Crippen LogP contribution is 2.20. The minimum Gasteiger partial charge on any atom is -0.323 e. The Labute approximate surface area is 179 Å². The quantitative estimate of drug-likeness (QED) is 0.410. The number of thioether (sulfide) groups is 1. The molecule has 1 aliphatic rings. The molecule has 0 aliphatic carbocycles. The maximum atomic E-state index is 12.2. The fourth-order valence-electron chi connectivity index (χ4n) is 3.38. The third-order valence-corrected chi connectivity index (χ3v) is 5.98. The zero-order chi connectivity index (χ0) is 21.1. The van der Waals surface area contributed by atoms with Gasteiger partial charge in [0, 0.05) is 35.5 Å². The van der Waals surface area contributed by atoms with E-state index in [1.165, 1.54) is 17.3 Å². The van der Waals surface area contributed by atoms with Crippen LogP contribution in [0.15, 0.2) is 35.6 Å². The number of hydrogen-bond acceptors (Lipinski definition) is 8. The number of nitrogens with one attached hydrogen (secondary N) is 3. The van der Waals surface area contributed by atoms with Crippen molar-refractivity contribution in [2.75, 3.05) is 11.1 Å². The molecule has 2 unspecified atom stereocenters. The van der Waals surface area contributed by atoms with E-state index in [0.29, 0.717) is 23.3 Å². The molecule has 8 nitrogen and oxygen atoms in total. The van der Waals surface area contributed by atoms with Crippen molar-refractivity contribution >= 4 is 34.5 Å². The highest BCUT2D eigenvalue weighted by Gasteiger charge is 2.26. The van der Waals surface area contributed by atoms with Gasteiger partial charge in [0.2, 0.25) is 11.9 Å². The molecule has 156 valence electrons. The maximum Gasteiger partial charge on any atom is 0.226 e. The Bertz CT molecular complexity index is 1070. The number of nitrogens with zero attached hydrogens (tertiary/aromatic N) is 4. The van der Waals surface area contributed by atoms with Crippen molar-refractivity contribution in [2.45, 2.75) is 51.1 Å². The van der Waals surface area contributed by atoms with Crippen molar-refractivity contribution < 1.29 is 4.79 Å². The van der Waals surface area contributed by atoms with E-state index >= 15 is 0 Å². The molecule has 2 atom stereocenters. The maximum absolute atomic E-state index is 12.2. The molecule has 1 fully saturated rings. The third kappa shape index (κ3) is 4.85. The average molecular weight is 424 g/mol. The first kappa shape index (κ1) is 20.5. The fourth-order valence-corrected chi connectivity index (χ4v) is 4.29. The van der Waals surface area contributed by atoms with Gasteiger partial charge in [-0.15, -0.1) is 0 Å². The van der Waals surface area contributed by atoms with E-state index in [1.54, 1.807) is 6.20 Å². The topological polar surface area (TPSA) is 105 Å². The first-order chi connectivity index (χ1) is 14.5. The van der Waals surface area contributed by atoms with E-state index in [2.05, 4.69) is 54.9 Å². The van der Waals surface area contributed by atoms with Crippen molar-refractivity contribution in [3.8, 4) is 0 Å². The number of carbonyl (C=O) groups is 1. The third-order valence-electron chi connectivity index (χ3n) is 4.96. The number of anilines is 1. The van der Waals surface area contributed by atoms with Crippen LogP contribution in [0.25, 0.3) is 10.9 Å². The van der Waals surface area contributed by atoms with Gasteiger partial charge < -0.3 is 10.6 Å². The molecule has 0 radical (unpaired) electrons. The van der Waals surface area contributed by atoms with Gasteiger partial charge in [-0.1, -0.05) is 24.8 Å². The number of carbonyl (C=O) groups excluding carboxylic acids is 1. The summed E-state index contributed by atoms with van der Waals surface area (Å²) in [5.74, 6) is 1.15. The van der Waals surface area contributed by atoms with E-state index in [0.717, 1.165) is 28.7 Å². The lowest BCUT2D eigenvalue weighted by atomic mass is 10.1. The predicted octanol–water partition coefficient (Wildman–Crippen LogP) is 2.56. The molecule has 1 amide bonds. The van der Waals surface area contributed by atoms with Crippen LogP contribution in [0.2, 0.25) is 0 Å². The van der Waals surface area contributed by atoms with E-state index < -0.39 is 6.29 Å². The Hall–Kier alpha value is -2.78. The van der Waals surface area contributed by atoms with Crippen LogP contribution in [-0.2, 0) is 11.2 Å². The number of fused-ring (bicyclic) bond motifs is 1. The summed E-state index contributed by atoms with van der Waals surface area (Å²) in [7, 11) is 0. The number of benzene rings is 1. The lowest BCUT2D eigenvalue weighted by molar-refractivity contribution is -0.123. The van der Waals surface area contributed by atoms with Gasteiger partial charge in [0.15, 0.2) is 11.4 Å². The molecule has 3 N–H and O–H groups in total. The van der Waals surface area contributed by atoms with Gasteiger partial charge in [-0.3, -0.25) is 10.1 Å². The predicted molar refractivity (Wildman–Crippen MR) is 118 cm³/mol. The number of hydrogen-bond donors (Lipinski definition) is 3. The van der Waals surface area contributed by atoms with Gasteiger partial charge in [-0.05, 0) is 44.0 Å². The summed E-state index contributed by atoms with van der Waals surface area (Å²) in [6, 6.07) is 8.09. The second-order valence-electron chi connectivity index (χ2n) is 7.34. The Morgan fingerprint density at radius 2 is 2.07 bits per heavy atom. The molecule has 2 aromatic heterocycles. The standard InChI is InChI=1S/C21H25N7OS/c1-4-14-5-6-17-16(9-14)13(3)24-19(26-17)28-20-25-15(10-18(29)27-20)11-30-21-22-8-7-12(2)23-21/h5-9,15,20,25H,4,10-11H2,1-3H3,(H,27,29)(H,24,26,28). The molecule has 0 spiro atoms. The molecule has 1 aliphatic heterocycles. The van der Waals surface area contributed by atoms with Crippen molar-refractivity contribution in [1.82, 2.24) is 30.6 Å². The van der Waals surface area contributed by atoms with Crippen LogP contribution in [0, 0.1) is 13.8 Å². The van der Waals surface area contributed by atoms with Crippen LogP contribution in [-0.4, -0.2) is 43.9 Å². The van der Waals surface area contributed by atoms with Gasteiger partial charge in [0.25, 0.3) is 0 Å². The monoisotopic (exact) mass is 423 g/mol. The Kier molecular flexibility index (Phi) is 6.10. The summed E-state index contributed by atoms with van der Waals surface area (Å²) in [4.78, 5) is 30.1. The molecule has 1 saturated heterocycles. The van der Waals surface area contributed by atoms with Crippen molar-refractivity contribution in [3.05, 3.63) is 47.4 Å². The summed E-state index contributed by atoms with van der Waals surface area (Å²) >= 11 is 1.54. The van der Waals surface area contributed by atoms with Crippen LogP contribution >= 0.6 is 11.8 Å². The molecule has 0 saturated carbocycles. The minimum absolute atomic E-state index is 0.0148. The number of amides is 1. The molecule has 1 aromatic carbocycles. The Morgan fingerprint density at radius 3 is 2.87 bits per heavy atom. The van der Waals surface area contributed by atoms with Gasteiger partial charge in [-0.2, -0.15) is 0 Å². The van der Waals surface area contributed by atoms with Crippen molar-refractivity contribution in [2.24, 2.45) is 0 Å². The lowest BCUT2D eigenvalue weighted by Crippen LogP contribution is -2.60. The molecule has 9 heteroatoms. The Morgan fingerprint density at radius 1 is 1.20 bits per heavy atom. The smallest absolute Gasteiger partial charge is 0.226 e. The van der Waals surface area contributed by atoms with E-state index in [4.69, 9.17) is 0 Å². The molecule has 0 bridgehead atoms. The summed E-state index contributed by atoms with van der Waals surface area (Å²) in [5.41, 5.74) is 3.97. The zero-order valence-corrected chi connectivity index (χ0v) is 18.1. The molecular formula is C21H25N7OS.